The molecule has 2 N–H and O–H groups in total. The number of hydrogen-bond donors (Lipinski definition) is 2. The van der Waals surface area contributed by atoms with Crippen LogP contribution in [-0.2, 0) is 9.47 Å². The van der Waals surface area contributed by atoms with Gasteiger partial charge in [0.15, 0.2) is 0 Å². The number of nitrogens with zero attached hydrogens (tertiary/aromatic N) is 1. The normalized spacial score (nSPS) is 27.1. The Labute approximate surface area is 129 Å². The minimum atomic E-state index is -0.0146. The van der Waals surface area contributed by atoms with E-state index in [0.29, 0.717) is 11.3 Å². The summed E-state index contributed by atoms with van der Waals surface area (Å²) in [6.45, 7) is 12.1. The Balaban J connectivity index is 1.88. The molecular formula is C16H32N2O3. The van der Waals surface area contributed by atoms with E-state index in [0.717, 1.165) is 65.4 Å². The molecule has 2 rings (SSSR count). The fourth-order valence-electron chi connectivity index (χ4n) is 3.33. The minimum absolute atomic E-state index is 0.0146. The minimum Gasteiger partial charge on any atom is -0.394 e. The van der Waals surface area contributed by atoms with Gasteiger partial charge in [0.1, 0.15) is 0 Å². The Bertz CT molecular complexity index is 293. The number of aliphatic hydroxyl groups is 1. The molecule has 2 heterocycles. The zero-order valence-corrected chi connectivity index (χ0v) is 13.6. The first kappa shape index (κ1) is 17.2. The number of aliphatic hydroxyl groups excluding tert-OH is 1. The molecule has 5 heteroatoms. The molecule has 2 fully saturated rings. The van der Waals surface area contributed by atoms with E-state index in [1.54, 1.807) is 0 Å². The molecule has 124 valence electrons. The van der Waals surface area contributed by atoms with E-state index in [2.05, 4.69) is 24.1 Å². The van der Waals surface area contributed by atoms with Gasteiger partial charge in [-0.25, -0.2) is 0 Å². The number of hydrogen-bond acceptors (Lipinski definition) is 5. The molecule has 5 nitrogen and oxygen atoms in total. The van der Waals surface area contributed by atoms with Gasteiger partial charge < -0.3 is 19.9 Å². The predicted octanol–water partition coefficient (Wildman–Crippen LogP) is 0.722. The summed E-state index contributed by atoms with van der Waals surface area (Å²) in [6, 6.07) is 0. The van der Waals surface area contributed by atoms with Crippen molar-refractivity contribution in [2.24, 2.45) is 11.3 Å². The van der Waals surface area contributed by atoms with Crippen molar-refractivity contribution < 1.29 is 14.6 Å². The average Bonchev–Trinajstić information content (AvgIpc) is 2.48. The summed E-state index contributed by atoms with van der Waals surface area (Å²) < 4.78 is 11.1. The molecule has 1 unspecified atom stereocenters. The first-order valence-corrected chi connectivity index (χ1v) is 8.37. The van der Waals surface area contributed by atoms with Crippen LogP contribution in [0.2, 0.25) is 0 Å². The van der Waals surface area contributed by atoms with E-state index in [9.17, 15) is 5.11 Å². The van der Waals surface area contributed by atoms with Crippen LogP contribution in [0.25, 0.3) is 0 Å². The van der Waals surface area contributed by atoms with Crippen LogP contribution in [0.3, 0.4) is 0 Å². The topological polar surface area (TPSA) is 54.0 Å². The van der Waals surface area contributed by atoms with Gasteiger partial charge in [0.25, 0.3) is 0 Å². The van der Waals surface area contributed by atoms with Gasteiger partial charge in [0, 0.05) is 39.4 Å². The van der Waals surface area contributed by atoms with Crippen molar-refractivity contribution in [3.05, 3.63) is 0 Å². The summed E-state index contributed by atoms with van der Waals surface area (Å²) in [5, 5.41) is 12.9. The average molecular weight is 300 g/mol. The highest BCUT2D eigenvalue weighted by Crippen LogP contribution is 2.31. The molecular weight excluding hydrogens is 268 g/mol. The summed E-state index contributed by atoms with van der Waals surface area (Å²) in [7, 11) is 0. The van der Waals surface area contributed by atoms with E-state index in [1.807, 2.05) is 0 Å². The molecule has 1 atom stereocenters. The van der Waals surface area contributed by atoms with Crippen LogP contribution in [0.15, 0.2) is 0 Å². The lowest BCUT2D eigenvalue weighted by molar-refractivity contribution is -0.0744. The fourth-order valence-corrected chi connectivity index (χ4v) is 3.33. The molecule has 0 saturated carbocycles. The monoisotopic (exact) mass is 300 g/mol. The largest absolute Gasteiger partial charge is 0.394 e. The number of morpholine rings is 1. The van der Waals surface area contributed by atoms with Crippen molar-refractivity contribution in [3.8, 4) is 0 Å². The molecule has 0 aromatic carbocycles. The molecule has 21 heavy (non-hydrogen) atoms. The van der Waals surface area contributed by atoms with Crippen LogP contribution < -0.4 is 5.32 Å². The van der Waals surface area contributed by atoms with Crippen LogP contribution in [0.5, 0.6) is 0 Å². The lowest BCUT2D eigenvalue weighted by atomic mass is 9.79. The van der Waals surface area contributed by atoms with E-state index < -0.39 is 0 Å². The lowest BCUT2D eigenvalue weighted by Gasteiger charge is -2.43. The van der Waals surface area contributed by atoms with Gasteiger partial charge in [-0.1, -0.05) is 13.8 Å². The number of nitrogens with one attached hydrogen (secondary N) is 1. The molecule has 0 bridgehead atoms. The molecule has 0 radical (unpaired) electrons. The third kappa shape index (κ3) is 5.49. The number of rotatable bonds is 7. The Morgan fingerprint density at radius 3 is 2.71 bits per heavy atom. The second-order valence-corrected chi connectivity index (χ2v) is 7.05. The van der Waals surface area contributed by atoms with Crippen molar-refractivity contribution >= 4 is 0 Å². The maximum atomic E-state index is 9.30. The molecule has 0 aromatic rings. The molecule has 2 saturated heterocycles. The highest BCUT2D eigenvalue weighted by Gasteiger charge is 2.35. The third-order valence-electron chi connectivity index (χ3n) is 4.59. The van der Waals surface area contributed by atoms with Gasteiger partial charge in [-0.2, -0.15) is 0 Å². The van der Waals surface area contributed by atoms with Crippen molar-refractivity contribution in [1.29, 1.82) is 0 Å². The first-order chi connectivity index (χ1) is 10.1. The van der Waals surface area contributed by atoms with Gasteiger partial charge in [-0.05, 0) is 30.7 Å². The Morgan fingerprint density at radius 1 is 1.29 bits per heavy atom. The summed E-state index contributed by atoms with van der Waals surface area (Å²) >= 11 is 0. The second-order valence-electron chi connectivity index (χ2n) is 7.05. The molecule has 0 aliphatic carbocycles. The maximum absolute atomic E-state index is 9.30. The van der Waals surface area contributed by atoms with Gasteiger partial charge in [0.05, 0.1) is 19.3 Å². The van der Waals surface area contributed by atoms with Gasteiger partial charge in [-0.3, -0.25) is 4.90 Å². The number of ether oxygens (including phenoxy) is 2. The fraction of sp³-hybridized carbons (Fsp3) is 1.00. The maximum Gasteiger partial charge on any atom is 0.0932 e. The quantitative estimate of drug-likeness (QED) is 0.726. The Kier molecular flexibility index (Phi) is 6.89. The van der Waals surface area contributed by atoms with Gasteiger partial charge in [0.2, 0.25) is 0 Å². The highest BCUT2D eigenvalue weighted by atomic mass is 16.5. The van der Waals surface area contributed by atoms with Crippen molar-refractivity contribution in [2.75, 3.05) is 59.2 Å². The summed E-state index contributed by atoms with van der Waals surface area (Å²) in [5.74, 6) is 0.684. The molecule has 0 amide bonds. The second kappa shape index (κ2) is 8.44. The zero-order valence-electron chi connectivity index (χ0n) is 13.6. The van der Waals surface area contributed by atoms with Crippen LogP contribution in [0.4, 0.5) is 0 Å². The molecule has 0 spiro atoms. The molecule has 2 aliphatic rings. The third-order valence-corrected chi connectivity index (χ3v) is 4.59. The highest BCUT2D eigenvalue weighted by molar-refractivity contribution is 4.88. The van der Waals surface area contributed by atoms with Crippen molar-refractivity contribution in [2.45, 2.75) is 32.8 Å². The Morgan fingerprint density at radius 2 is 2.05 bits per heavy atom. The van der Waals surface area contributed by atoms with E-state index in [1.165, 1.54) is 0 Å². The standard InChI is InChI=1S/C16H32N2O3/c1-14(2)9-17-12-16(3-6-20-7-4-16)13-18-5-8-21-15(10-18)11-19/h14-15,17,19H,3-13H2,1-2H3. The van der Waals surface area contributed by atoms with E-state index in [-0.39, 0.29) is 12.7 Å². The van der Waals surface area contributed by atoms with Crippen LogP contribution in [0, 0.1) is 11.3 Å². The van der Waals surface area contributed by atoms with Crippen LogP contribution >= 0.6 is 0 Å². The smallest absolute Gasteiger partial charge is 0.0932 e. The molecule has 2 aliphatic heterocycles. The summed E-state index contributed by atoms with van der Waals surface area (Å²) in [4.78, 5) is 2.47. The van der Waals surface area contributed by atoms with Crippen LogP contribution in [0.1, 0.15) is 26.7 Å². The van der Waals surface area contributed by atoms with E-state index in [4.69, 9.17) is 9.47 Å². The van der Waals surface area contributed by atoms with Crippen LogP contribution in [-0.4, -0.2) is 75.3 Å². The van der Waals surface area contributed by atoms with Gasteiger partial charge >= 0.3 is 0 Å². The predicted molar refractivity (Wildman–Crippen MR) is 83.5 cm³/mol. The first-order valence-electron chi connectivity index (χ1n) is 8.37. The van der Waals surface area contributed by atoms with Crippen molar-refractivity contribution in [1.82, 2.24) is 10.2 Å². The summed E-state index contributed by atoms with van der Waals surface area (Å²) in [6.07, 6.45) is 2.23. The zero-order chi connectivity index (χ0) is 15.1. The lowest BCUT2D eigenvalue weighted by Crippen LogP contribution is -2.52. The SMILES string of the molecule is CC(C)CNCC1(CN2CCOC(CO)C2)CCOCC1. The van der Waals surface area contributed by atoms with E-state index >= 15 is 0 Å². The summed E-state index contributed by atoms with van der Waals surface area (Å²) in [5.41, 5.74) is 0.310. The van der Waals surface area contributed by atoms with Gasteiger partial charge in [-0.15, -0.1) is 0 Å². The Hall–Kier alpha value is -0.200. The molecule has 0 aromatic heterocycles. The van der Waals surface area contributed by atoms with Crippen molar-refractivity contribution in [3.63, 3.8) is 0 Å².